The van der Waals surface area contributed by atoms with E-state index < -0.39 is 5.60 Å². The van der Waals surface area contributed by atoms with Crippen LogP contribution in [0.1, 0.15) is 24.8 Å². The number of rotatable bonds is 4. The topological polar surface area (TPSA) is 47.9 Å². The molecule has 2 rings (SSSR count). The third-order valence-corrected chi connectivity index (χ3v) is 3.74. The molecule has 1 aliphatic carbocycles. The summed E-state index contributed by atoms with van der Waals surface area (Å²) < 4.78 is 13.2. The Hall–Kier alpha value is -1.62. The first-order valence-electron chi connectivity index (χ1n) is 6.91. The fourth-order valence-electron chi connectivity index (χ4n) is 2.37. The van der Waals surface area contributed by atoms with Crippen LogP contribution in [0.2, 0.25) is 0 Å². The van der Waals surface area contributed by atoms with Gasteiger partial charge in [-0.1, -0.05) is 12.1 Å². The molecule has 0 unspecified atom stereocenters. The van der Waals surface area contributed by atoms with Crippen LogP contribution in [0.3, 0.4) is 0 Å². The average molecular weight is 279 g/mol. The van der Waals surface area contributed by atoms with E-state index in [0.717, 1.165) is 24.8 Å². The maximum Gasteiger partial charge on any atom is 0.193 e. The molecule has 4 nitrogen and oxygen atoms in total. The predicted octanol–water partition coefficient (Wildman–Crippen LogP) is 1.75. The van der Waals surface area contributed by atoms with Gasteiger partial charge in [-0.2, -0.15) is 0 Å². The van der Waals surface area contributed by atoms with E-state index in [4.69, 9.17) is 0 Å². The van der Waals surface area contributed by atoms with Crippen LogP contribution in [0, 0.1) is 5.82 Å². The highest BCUT2D eigenvalue weighted by atomic mass is 19.1. The Labute approximate surface area is 119 Å². The van der Waals surface area contributed by atoms with E-state index in [1.54, 1.807) is 13.1 Å². The monoisotopic (exact) mass is 279 g/mol. The van der Waals surface area contributed by atoms with E-state index in [2.05, 4.69) is 10.3 Å². The summed E-state index contributed by atoms with van der Waals surface area (Å²) in [6, 6.07) is 6.53. The van der Waals surface area contributed by atoms with Crippen molar-refractivity contribution in [3.8, 4) is 0 Å². The first-order valence-corrected chi connectivity index (χ1v) is 6.91. The number of guanidine groups is 1. The Morgan fingerprint density at radius 2 is 2.25 bits per heavy atom. The largest absolute Gasteiger partial charge is 0.388 e. The van der Waals surface area contributed by atoms with Gasteiger partial charge in [0.1, 0.15) is 5.82 Å². The van der Waals surface area contributed by atoms with Crippen LogP contribution in [0.4, 0.5) is 4.39 Å². The van der Waals surface area contributed by atoms with Crippen molar-refractivity contribution in [3.63, 3.8) is 0 Å². The minimum absolute atomic E-state index is 0.234. The maximum atomic E-state index is 13.2. The normalized spacial score (nSPS) is 17.5. The summed E-state index contributed by atoms with van der Waals surface area (Å²) in [7, 11) is 3.60. The van der Waals surface area contributed by atoms with Crippen LogP contribution in [-0.2, 0) is 6.54 Å². The zero-order valence-electron chi connectivity index (χ0n) is 12.1. The van der Waals surface area contributed by atoms with E-state index in [0.29, 0.717) is 19.0 Å². The van der Waals surface area contributed by atoms with E-state index in [1.807, 2.05) is 18.0 Å². The number of benzene rings is 1. The van der Waals surface area contributed by atoms with Crippen molar-refractivity contribution in [1.29, 1.82) is 0 Å². The molecule has 0 aromatic heterocycles. The number of aliphatic hydroxyl groups is 1. The fraction of sp³-hybridized carbons (Fsp3) is 0.533. The molecule has 2 N–H and O–H groups in total. The summed E-state index contributed by atoms with van der Waals surface area (Å²) in [4.78, 5) is 6.11. The molecule has 0 saturated heterocycles. The minimum Gasteiger partial charge on any atom is -0.388 e. The van der Waals surface area contributed by atoms with E-state index in [-0.39, 0.29) is 5.82 Å². The van der Waals surface area contributed by atoms with E-state index in [1.165, 1.54) is 12.1 Å². The third-order valence-electron chi connectivity index (χ3n) is 3.74. The smallest absolute Gasteiger partial charge is 0.193 e. The molecule has 0 atom stereocenters. The molecule has 1 saturated carbocycles. The van der Waals surface area contributed by atoms with Crippen LogP contribution in [-0.4, -0.2) is 42.2 Å². The van der Waals surface area contributed by atoms with Gasteiger partial charge in [0.05, 0.1) is 5.60 Å². The van der Waals surface area contributed by atoms with E-state index in [9.17, 15) is 9.50 Å². The molecular formula is C15H22FN3O. The van der Waals surface area contributed by atoms with Crippen LogP contribution >= 0.6 is 0 Å². The first kappa shape index (κ1) is 14.8. The third kappa shape index (κ3) is 3.70. The molecule has 1 aliphatic rings. The average Bonchev–Trinajstić information content (AvgIpc) is 2.37. The van der Waals surface area contributed by atoms with Gasteiger partial charge in [0.2, 0.25) is 0 Å². The lowest BCUT2D eigenvalue weighted by molar-refractivity contribution is -0.0282. The molecule has 0 aliphatic heterocycles. The van der Waals surface area contributed by atoms with Crippen molar-refractivity contribution in [3.05, 3.63) is 35.6 Å². The highest BCUT2D eigenvalue weighted by Crippen LogP contribution is 2.30. The summed E-state index contributed by atoms with van der Waals surface area (Å²) in [5.74, 6) is 0.470. The van der Waals surface area contributed by atoms with Crippen molar-refractivity contribution in [1.82, 2.24) is 10.2 Å². The lowest BCUT2D eigenvalue weighted by Gasteiger charge is -2.37. The second kappa shape index (κ2) is 6.22. The van der Waals surface area contributed by atoms with Crippen molar-refractivity contribution in [2.24, 2.45) is 4.99 Å². The molecule has 20 heavy (non-hydrogen) atoms. The van der Waals surface area contributed by atoms with Gasteiger partial charge < -0.3 is 15.3 Å². The Morgan fingerprint density at radius 1 is 1.50 bits per heavy atom. The second-order valence-corrected chi connectivity index (χ2v) is 5.46. The number of nitrogens with one attached hydrogen (secondary N) is 1. The lowest BCUT2D eigenvalue weighted by Crippen LogP contribution is -2.50. The summed E-state index contributed by atoms with van der Waals surface area (Å²) >= 11 is 0. The van der Waals surface area contributed by atoms with Gasteiger partial charge in [-0.15, -0.1) is 0 Å². The number of hydrogen-bond acceptors (Lipinski definition) is 2. The van der Waals surface area contributed by atoms with Gasteiger partial charge >= 0.3 is 0 Å². The van der Waals surface area contributed by atoms with Gasteiger partial charge in [-0.05, 0) is 37.0 Å². The maximum absolute atomic E-state index is 13.2. The van der Waals surface area contributed by atoms with Crippen molar-refractivity contribution in [2.75, 3.05) is 20.6 Å². The van der Waals surface area contributed by atoms with Crippen LogP contribution < -0.4 is 5.32 Å². The van der Waals surface area contributed by atoms with Gasteiger partial charge in [-0.3, -0.25) is 4.99 Å². The molecule has 0 bridgehead atoms. The molecule has 0 heterocycles. The molecule has 0 radical (unpaired) electrons. The van der Waals surface area contributed by atoms with Crippen LogP contribution in [0.5, 0.6) is 0 Å². The molecule has 5 heteroatoms. The van der Waals surface area contributed by atoms with Gasteiger partial charge in [0.25, 0.3) is 0 Å². The number of hydrogen-bond donors (Lipinski definition) is 2. The fourth-order valence-corrected chi connectivity index (χ4v) is 2.37. The van der Waals surface area contributed by atoms with Gasteiger partial charge in [-0.25, -0.2) is 4.39 Å². The summed E-state index contributed by atoms with van der Waals surface area (Å²) in [5, 5.41) is 13.3. The highest BCUT2D eigenvalue weighted by Gasteiger charge is 2.34. The zero-order chi connectivity index (χ0) is 14.6. The van der Waals surface area contributed by atoms with Gasteiger partial charge in [0.15, 0.2) is 5.96 Å². The minimum atomic E-state index is -0.588. The van der Waals surface area contributed by atoms with E-state index >= 15 is 0 Å². The Kier molecular flexibility index (Phi) is 4.60. The molecule has 110 valence electrons. The number of halogens is 1. The Balaban J connectivity index is 1.90. The Bertz CT molecular complexity index is 486. The van der Waals surface area contributed by atoms with Gasteiger partial charge in [0, 0.05) is 27.2 Å². The Morgan fingerprint density at radius 3 is 2.80 bits per heavy atom. The van der Waals surface area contributed by atoms with Crippen molar-refractivity contribution >= 4 is 5.96 Å². The van der Waals surface area contributed by atoms with Crippen molar-refractivity contribution < 1.29 is 9.50 Å². The summed E-state index contributed by atoms with van der Waals surface area (Å²) in [6.07, 6.45) is 2.76. The second-order valence-electron chi connectivity index (χ2n) is 5.46. The standard InChI is InChI=1S/C15H22FN3O/c1-17-14(18-11-15(20)7-4-8-15)19(2)10-12-5-3-6-13(16)9-12/h3,5-6,9,20H,4,7-8,10-11H2,1-2H3,(H,17,18). The number of nitrogens with zero attached hydrogens (tertiary/aromatic N) is 2. The molecular weight excluding hydrogens is 257 g/mol. The van der Waals surface area contributed by atoms with Crippen LogP contribution in [0.25, 0.3) is 0 Å². The molecule has 1 aromatic rings. The van der Waals surface area contributed by atoms with Crippen LogP contribution in [0.15, 0.2) is 29.3 Å². The van der Waals surface area contributed by atoms with Crippen molar-refractivity contribution in [2.45, 2.75) is 31.4 Å². The molecule has 1 aromatic carbocycles. The zero-order valence-corrected chi connectivity index (χ0v) is 12.1. The number of aliphatic imine (C=N–C) groups is 1. The molecule has 0 amide bonds. The SMILES string of the molecule is CN=C(NCC1(O)CCC1)N(C)Cc1cccc(F)c1. The first-order chi connectivity index (χ1) is 9.52. The molecule has 1 fully saturated rings. The quantitative estimate of drug-likeness (QED) is 0.652. The lowest BCUT2D eigenvalue weighted by atomic mass is 9.80. The summed E-state index contributed by atoms with van der Waals surface area (Å²) in [6.45, 7) is 1.07. The molecule has 0 spiro atoms. The predicted molar refractivity (Wildman–Crippen MR) is 78.0 cm³/mol. The highest BCUT2D eigenvalue weighted by molar-refractivity contribution is 5.79. The summed E-state index contributed by atoms with van der Waals surface area (Å²) in [5.41, 5.74) is 0.299.